The number of hydrazone groups is 1. The van der Waals surface area contributed by atoms with E-state index in [9.17, 15) is 29.4 Å². The first-order valence-corrected chi connectivity index (χ1v) is 14.0. The maximum atomic E-state index is 13.1. The van der Waals surface area contributed by atoms with Crippen LogP contribution < -0.4 is 26.1 Å². The number of rotatable bonds is 13. The van der Waals surface area contributed by atoms with E-state index in [0.29, 0.717) is 22.6 Å². The average molecular weight is 620 g/mol. The number of nitrogens with zero attached hydrogens (tertiary/aromatic N) is 1. The summed E-state index contributed by atoms with van der Waals surface area (Å²) in [5.41, 5.74) is 3.44. The van der Waals surface area contributed by atoms with Crippen molar-refractivity contribution in [3.63, 3.8) is 0 Å². The van der Waals surface area contributed by atoms with Gasteiger partial charge in [0, 0.05) is 12.1 Å². The van der Waals surface area contributed by atoms with Gasteiger partial charge >= 0.3 is 6.09 Å². The highest BCUT2D eigenvalue weighted by atomic mass is 16.6. The predicted octanol–water partition coefficient (Wildman–Crippen LogP) is 2.47. The van der Waals surface area contributed by atoms with Gasteiger partial charge in [-0.1, -0.05) is 30.3 Å². The largest absolute Gasteiger partial charge is 0.508 e. The van der Waals surface area contributed by atoms with Crippen LogP contribution in [0.25, 0.3) is 0 Å². The lowest BCUT2D eigenvalue weighted by atomic mass is 10.0. The zero-order valence-electron chi connectivity index (χ0n) is 25.2. The molecule has 238 valence electrons. The Morgan fingerprint density at radius 2 is 1.53 bits per heavy atom. The Morgan fingerprint density at radius 1 is 0.867 bits per heavy atom. The second kappa shape index (κ2) is 16.4. The van der Waals surface area contributed by atoms with E-state index in [-0.39, 0.29) is 24.7 Å². The lowest BCUT2D eigenvalue weighted by molar-refractivity contribution is -0.130. The van der Waals surface area contributed by atoms with Crippen LogP contribution in [-0.2, 0) is 25.5 Å². The van der Waals surface area contributed by atoms with E-state index in [4.69, 9.17) is 9.47 Å². The summed E-state index contributed by atoms with van der Waals surface area (Å²) in [7, 11) is 0. The Labute approximate surface area is 260 Å². The van der Waals surface area contributed by atoms with Crippen molar-refractivity contribution in [3.05, 3.63) is 90.0 Å². The van der Waals surface area contributed by atoms with Crippen LogP contribution >= 0.6 is 0 Å². The Hall–Kier alpha value is -5.43. The molecule has 0 saturated carbocycles. The number of nitrogens with one attached hydrogen (secondary N) is 4. The van der Waals surface area contributed by atoms with E-state index in [1.165, 1.54) is 18.3 Å². The first-order valence-electron chi connectivity index (χ1n) is 14.0. The van der Waals surface area contributed by atoms with Gasteiger partial charge in [-0.15, -0.1) is 0 Å². The third-order valence-corrected chi connectivity index (χ3v) is 5.90. The molecule has 0 radical (unpaired) electrons. The van der Waals surface area contributed by atoms with Gasteiger partial charge in [0.05, 0.1) is 12.8 Å². The van der Waals surface area contributed by atoms with Crippen molar-refractivity contribution in [1.82, 2.24) is 16.1 Å². The van der Waals surface area contributed by atoms with E-state index in [0.717, 1.165) is 0 Å². The molecular weight excluding hydrogens is 582 g/mol. The van der Waals surface area contributed by atoms with Crippen LogP contribution in [0.5, 0.6) is 11.5 Å². The lowest BCUT2D eigenvalue weighted by Crippen LogP contribution is -2.55. The molecule has 0 aliphatic carbocycles. The van der Waals surface area contributed by atoms with Gasteiger partial charge in [-0.3, -0.25) is 14.4 Å². The second-order valence-electron chi connectivity index (χ2n) is 10.8. The molecule has 0 aromatic heterocycles. The highest BCUT2D eigenvalue weighted by Gasteiger charge is 2.28. The molecule has 3 aromatic rings. The molecule has 6 N–H and O–H groups in total. The molecule has 0 fully saturated rings. The molecule has 2 atom stereocenters. The Morgan fingerprint density at radius 3 is 2.16 bits per heavy atom. The Kier molecular flexibility index (Phi) is 12.4. The molecule has 4 amide bonds. The van der Waals surface area contributed by atoms with Gasteiger partial charge in [-0.25, -0.2) is 10.2 Å². The van der Waals surface area contributed by atoms with E-state index >= 15 is 0 Å². The van der Waals surface area contributed by atoms with E-state index < -0.39 is 42.2 Å². The minimum atomic E-state index is -1.39. The van der Waals surface area contributed by atoms with Crippen molar-refractivity contribution in [2.24, 2.45) is 5.10 Å². The van der Waals surface area contributed by atoms with Crippen LogP contribution in [0, 0.1) is 0 Å². The number of benzene rings is 3. The number of phenolic OH excluding ortho intramolecular Hbond substituents is 1. The molecule has 0 bridgehead atoms. The lowest BCUT2D eigenvalue weighted by Gasteiger charge is -2.24. The van der Waals surface area contributed by atoms with Crippen molar-refractivity contribution in [3.8, 4) is 11.5 Å². The van der Waals surface area contributed by atoms with Gasteiger partial charge in [0.25, 0.3) is 11.8 Å². The summed E-state index contributed by atoms with van der Waals surface area (Å²) >= 11 is 0. The first kappa shape index (κ1) is 34.1. The van der Waals surface area contributed by atoms with E-state index in [1.807, 2.05) is 18.2 Å². The number of hydrogen-bond acceptors (Lipinski definition) is 9. The van der Waals surface area contributed by atoms with Crippen molar-refractivity contribution >= 4 is 35.7 Å². The third kappa shape index (κ3) is 12.4. The molecule has 13 nitrogen and oxygen atoms in total. The monoisotopic (exact) mass is 619 g/mol. The molecule has 3 aromatic carbocycles. The highest BCUT2D eigenvalue weighted by Crippen LogP contribution is 2.13. The summed E-state index contributed by atoms with van der Waals surface area (Å²) < 4.78 is 10.7. The minimum absolute atomic E-state index is 0.0157. The van der Waals surface area contributed by atoms with Crippen molar-refractivity contribution in [2.75, 3.05) is 18.5 Å². The summed E-state index contributed by atoms with van der Waals surface area (Å²) in [5.74, 6) is -1.32. The number of carbonyl (C=O) groups is 4. The van der Waals surface area contributed by atoms with Crippen molar-refractivity contribution in [2.45, 2.75) is 44.9 Å². The number of aromatic hydroxyl groups is 1. The number of ether oxygens (including phenoxy) is 2. The molecule has 0 spiro atoms. The van der Waals surface area contributed by atoms with Gasteiger partial charge in [0.2, 0.25) is 5.91 Å². The quantitative estimate of drug-likeness (QED) is 0.124. The predicted molar refractivity (Wildman–Crippen MR) is 167 cm³/mol. The number of aliphatic hydroxyl groups is 1. The summed E-state index contributed by atoms with van der Waals surface area (Å²) in [4.78, 5) is 50.2. The fraction of sp³-hybridized carbons (Fsp3) is 0.281. The van der Waals surface area contributed by atoms with Crippen LogP contribution in [0.1, 0.15) is 31.9 Å². The molecule has 0 aliphatic rings. The van der Waals surface area contributed by atoms with Crippen LogP contribution in [-0.4, -0.2) is 71.1 Å². The number of carbonyl (C=O) groups excluding carboxylic acids is 4. The molecule has 0 aliphatic heterocycles. The Bertz CT molecular complexity index is 1460. The first-order chi connectivity index (χ1) is 21.4. The summed E-state index contributed by atoms with van der Waals surface area (Å²) in [6.45, 7) is 4.02. The summed E-state index contributed by atoms with van der Waals surface area (Å²) in [6, 6.07) is 19.1. The molecule has 45 heavy (non-hydrogen) atoms. The summed E-state index contributed by atoms with van der Waals surface area (Å²) in [5, 5.41) is 30.8. The van der Waals surface area contributed by atoms with Gasteiger partial charge in [0.1, 0.15) is 29.2 Å². The molecule has 3 rings (SSSR count). The van der Waals surface area contributed by atoms with Crippen molar-refractivity contribution < 1.29 is 38.9 Å². The van der Waals surface area contributed by atoms with Crippen LogP contribution in [0.2, 0.25) is 0 Å². The van der Waals surface area contributed by atoms with Crippen LogP contribution in [0.3, 0.4) is 0 Å². The fourth-order valence-electron chi connectivity index (χ4n) is 3.76. The molecular formula is C32H37N5O8. The SMILES string of the molecule is CC(C)(C)OC(=O)N[C@@H](CO)C(=O)N[C@@H](Cc1ccc(O)cc1)C(=O)N/N=C\c1ccc(OCC(=O)Nc2ccccc2)cc1. The number of amides is 4. The second-order valence-corrected chi connectivity index (χ2v) is 10.8. The Balaban J connectivity index is 1.59. The number of aliphatic hydroxyl groups excluding tert-OH is 1. The number of hydrogen-bond donors (Lipinski definition) is 6. The number of anilines is 1. The summed E-state index contributed by atoms with van der Waals surface area (Å²) in [6.07, 6.45) is 0.485. The highest BCUT2D eigenvalue weighted by molar-refractivity contribution is 5.92. The smallest absolute Gasteiger partial charge is 0.408 e. The minimum Gasteiger partial charge on any atom is -0.508 e. The zero-order valence-corrected chi connectivity index (χ0v) is 25.2. The maximum Gasteiger partial charge on any atom is 0.408 e. The van der Waals surface area contributed by atoms with E-state index in [2.05, 4.69) is 26.5 Å². The fourth-order valence-corrected chi connectivity index (χ4v) is 3.76. The number of phenols is 1. The van der Waals surface area contributed by atoms with Crippen LogP contribution in [0.15, 0.2) is 84.0 Å². The standard InChI is InChI=1S/C32H37N5O8/c1-32(2,3)45-31(43)36-27(19-38)29(41)35-26(17-21-9-13-24(39)14-10-21)30(42)37-33-18-22-11-15-25(16-12-22)44-20-28(40)34-23-7-5-4-6-8-23/h4-16,18,26-27,38-39H,17,19-20H2,1-3H3,(H,34,40)(H,35,41)(H,36,43)(H,37,42)/b33-18-/t26-,27-/m0/s1. The van der Waals surface area contributed by atoms with Gasteiger partial charge in [-0.05, 0) is 80.4 Å². The molecule has 13 heteroatoms. The molecule has 0 unspecified atom stereocenters. The molecule has 0 heterocycles. The maximum absolute atomic E-state index is 13.1. The number of alkyl carbamates (subject to hydrolysis) is 1. The zero-order chi connectivity index (χ0) is 32.8. The van der Waals surface area contributed by atoms with Crippen molar-refractivity contribution in [1.29, 1.82) is 0 Å². The van der Waals surface area contributed by atoms with Gasteiger partial charge in [0.15, 0.2) is 6.61 Å². The normalized spacial score (nSPS) is 12.4. The average Bonchev–Trinajstić information content (AvgIpc) is 2.99. The number of para-hydroxylation sites is 1. The van der Waals surface area contributed by atoms with E-state index in [1.54, 1.807) is 69.3 Å². The topological polar surface area (TPSA) is 188 Å². The van der Waals surface area contributed by atoms with Gasteiger partial charge in [-0.2, -0.15) is 5.10 Å². The van der Waals surface area contributed by atoms with Gasteiger partial charge < -0.3 is 35.6 Å². The van der Waals surface area contributed by atoms with Crippen LogP contribution in [0.4, 0.5) is 10.5 Å². The third-order valence-electron chi connectivity index (χ3n) is 5.90. The molecule has 0 saturated heterocycles.